The summed E-state index contributed by atoms with van der Waals surface area (Å²) in [7, 11) is 1.62. The molecule has 12 heteroatoms. The van der Waals surface area contributed by atoms with Gasteiger partial charge >= 0.3 is 5.97 Å². The number of halogens is 2. The Hall–Kier alpha value is -2.93. The minimum atomic E-state index is -1.50. The van der Waals surface area contributed by atoms with Crippen LogP contribution in [0.5, 0.6) is 0 Å². The number of amides is 1. The van der Waals surface area contributed by atoms with Crippen molar-refractivity contribution in [1.29, 1.82) is 0 Å². The Balaban J connectivity index is 1.28. The maximum absolute atomic E-state index is 15.8. The zero-order valence-corrected chi connectivity index (χ0v) is 27.4. The number of nitrogens with zero attached hydrogens (tertiary/aromatic N) is 2. The lowest BCUT2D eigenvalue weighted by molar-refractivity contribution is -0.276. The molecule has 3 aliphatic rings. The number of Topliss-reactive ketones (excluding diaryl/α,β-unsaturated/α-hetero) is 1. The van der Waals surface area contributed by atoms with E-state index < -0.39 is 29.5 Å². The van der Waals surface area contributed by atoms with Crippen LogP contribution in [-0.2, 0) is 25.5 Å². The second-order valence-corrected chi connectivity index (χ2v) is 13.7. The van der Waals surface area contributed by atoms with E-state index in [0.717, 1.165) is 41.8 Å². The number of rotatable bonds is 11. The van der Waals surface area contributed by atoms with Gasteiger partial charge in [-0.3, -0.25) is 19.3 Å². The molecule has 1 amide bonds. The number of hydrogen-bond donors (Lipinski definition) is 2. The number of aliphatic carboxylic acids is 1. The van der Waals surface area contributed by atoms with Crippen LogP contribution in [0, 0.1) is 11.7 Å². The van der Waals surface area contributed by atoms with Crippen LogP contribution < -0.4 is 5.32 Å². The molecular weight excluding hydrogens is 633 g/mol. The molecule has 2 N–H and O–H groups in total. The summed E-state index contributed by atoms with van der Waals surface area (Å²) >= 11 is 8.05. The maximum atomic E-state index is 15.8. The normalized spacial score (nSPS) is 23.8. The maximum Gasteiger partial charge on any atom is 0.306 e. The molecule has 46 heavy (non-hydrogen) atoms. The largest absolute Gasteiger partial charge is 0.481 e. The molecular formula is C34H39ClFN3O6S. The fourth-order valence-corrected chi connectivity index (χ4v) is 8.36. The number of nitrogens with one attached hydrogen (secondary N) is 1. The molecule has 2 aromatic carbocycles. The Labute approximate surface area is 276 Å². The van der Waals surface area contributed by atoms with Crippen LogP contribution in [0.2, 0.25) is 5.02 Å². The molecule has 9 nitrogen and oxygen atoms in total. The lowest BCUT2D eigenvalue weighted by Gasteiger charge is -2.50. The van der Waals surface area contributed by atoms with Crippen molar-refractivity contribution in [2.45, 2.75) is 76.0 Å². The topological polar surface area (TPSA) is 108 Å². The molecule has 3 aromatic rings. The van der Waals surface area contributed by atoms with Crippen LogP contribution in [0.15, 0.2) is 41.8 Å². The van der Waals surface area contributed by atoms with Gasteiger partial charge in [0, 0.05) is 48.6 Å². The number of hydrogen-bond acceptors (Lipinski definition) is 8. The number of ketones is 1. The van der Waals surface area contributed by atoms with Gasteiger partial charge in [-0.05, 0) is 75.1 Å². The molecule has 2 unspecified atom stereocenters. The minimum Gasteiger partial charge on any atom is -0.481 e. The summed E-state index contributed by atoms with van der Waals surface area (Å²) in [4.78, 5) is 43.5. The first-order valence-electron chi connectivity index (χ1n) is 15.9. The predicted octanol–water partition coefficient (Wildman–Crippen LogP) is 6.54. The van der Waals surface area contributed by atoms with Crippen molar-refractivity contribution in [3.05, 3.63) is 63.7 Å². The average molecular weight is 672 g/mol. The van der Waals surface area contributed by atoms with Crippen LogP contribution >= 0.6 is 22.9 Å². The molecule has 1 aromatic heterocycles. The summed E-state index contributed by atoms with van der Waals surface area (Å²) in [6, 6.07) is 10.1. The van der Waals surface area contributed by atoms with Gasteiger partial charge in [0.15, 0.2) is 5.78 Å². The van der Waals surface area contributed by atoms with Crippen molar-refractivity contribution in [3.8, 4) is 0 Å². The van der Waals surface area contributed by atoms with Crippen molar-refractivity contribution in [1.82, 2.24) is 9.80 Å². The summed E-state index contributed by atoms with van der Waals surface area (Å²) in [6.07, 6.45) is 4.30. The average Bonchev–Trinajstić information content (AvgIpc) is 3.84. The van der Waals surface area contributed by atoms with E-state index in [2.05, 4.69) is 10.2 Å². The third kappa shape index (κ3) is 6.46. The van der Waals surface area contributed by atoms with E-state index in [9.17, 15) is 19.5 Å². The van der Waals surface area contributed by atoms with Crippen LogP contribution in [0.3, 0.4) is 0 Å². The number of methoxy groups -OCH3 is 1. The Morgan fingerprint density at radius 3 is 2.52 bits per heavy atom. The first-order valence-corrected chi connectivity index (χ1v) is 17.2. The third-order valence-electron chi connectivity index (χ3n) is 9.57. The van der Waals surface area contributed by atoms with Crippen LogP contribution in [0.1, 0.15) is 67.3 Å². The Kier molecular flexibility index (Phi) is 10.1. The highest BCUT2D eigenvalue weighted by Crippen LogP contribution is 2.40. The molecule has 0 radical (unpaired) electrons. The summed E-state index contributed by atoms with van der Waals surface area (Å²) in [5, 5.41) is 14.9. The number of thiophene rings is 1. The van der Waals surface area contributed by atoms with Gasteiger partial charge in [-0.2, -0.15) is 0 Å². The fourth-order valence-electron chi connectivity index (χ4n) is 7.18. The smallest absolute Gasteiger partial charge is 0.306 e. The molecule has 2 atom stereocenters. The van der Waals surface area contributed by atoms with Gasteiger partial charge in [-0.1, -0.05) is 29.8 Å². The second kappa shape index (κ2) is 14.0. The van der Waals surface area contributed by atoms with Crippen molar-refractivity contribution >= 4 is 56.4 Å². The number of ether oxygens (including phenoxy) is 2. The van der Waals surface area contributed by atoms with Crippen molar-refractivity contribution in [2.24, 2.45) is 5.92 Å². The van der Waals surface area contributed by atoms with E-state index in [-0.39, 0.29) is 40.8 Å². The first kappa shape index (κ1) is 33.0. The lowest BCUT2D eigenvalue weighted by Crippen LogP contribution is -2.69. The number of fused-ring (bicyclic) bond motifs is 1. The van der Waals surface area contributed by atoms with Gasteiger partial charge in [0.25, 0.3) is 5.91 Å². The van der Waals surface area contributed by atoms with Gasteiger partial charge in [-0.15, -0.1) is 11.3 Å². The van der Waals surface area contributed by atoms with Crippen LogP contribution in [-0.4, -0.2) is 77.5 Å². The number of likely N-dealkylation sites (tertiary alicyclic amines) is 2. The molecule has 6 rings (SSSR count). The van der Waals surface area contributed by atoms with Crippen molar-refractivity contribution in [3.63, 3.8) is 0 Å². The molecule has 2 saturated heterocycles. The second-order valence-electron chi connectivity index (χ2n) is 12.4. The highest BCUT2D eigenvalue weighted by molar-refractivity contribution is 7.17. The SMILES string of the molecule is COC1CCCN1C(OC1CCC(C(=O)O)CC1)(C(=O)Cc1cc(Cl)c(NC(=O)c2csc3ccccc23)cc1F)N1CCCC1. The number of carbonyl (C=O) groups excluding carboxylic acids is 2. The standard InChI is InChI=1S/C34H39ClFN3O6S/c1-44-31-9-6-16-39(31)34(38-14-4-5-15-38,45-23-12-10-21(11-13-23)33(42)43)30(40)18-22-17-26(35)28(19-27(22)36)37-32(41)25-20-46-29-8-3-2-7-24(25)29/h2-3,7-8,17,19-21,23,31H,4-6,9-16,18H2,1H3,(H,37,41)(H,42,43). The molecule has 0 bridgehead atoms. The predicted molar refractivity (Wildman–Crippen MR) is 175 cm³/mol. The van der Waals surface area contributed by atoms with Crippen molar-refractivity contribution in [2.75, 3.05) is 32.1 Å². The summed E-state index contributed by atoms with van der Waals surface area (Å²) in [5.74, 6) is -4.12. The van der Waals surface area contributed by atoms with E-state index in [1.54, 1.807) is 12.5 Å². The Bertz CT molecular complexity index is 1600. The molecule has 246 valence electrons. The van der Waals surface area contributed by atoms with E-state index in [1.807, 2.05) is 29.2 Å². The molecule has 1 saturated carbocycles. The number of benzene rings is 2. The zero-order chi connectivity index (χ0) is 32.4. The Morgan fingerprint density at radius 1 is 1.07 bits per heavy atom. The highest BCUT2D eigenvalue weighted by atomic mass is 35.5. The minimum absolute atomic E-state index is 0.101. The van der Waals surface area contributed by atoms with Gasteiger partial charge in [0.1, 0.15) is 12.0 Å². The molecule has 0 spiro atoms. The monoisotopic (exact) mass is 671 g/mol. The molecule has 2 aliphatic heterocycles. The molecule has 3 heterocycles. The lowest BCUT2D eigenvalue weighted by atomic mass is 9.87. The first-order chi connectivity index (χ1) is 22.2. The number of anilines is 1. The zero-order valence-electron chi connectivity index (χ0n) is 25.8. The number of carbonyl (C=O) groups is 3. The number of carboxylic acid groups (broad SMARTS) is 1. The van der Waals surface area contributed by atoms with E-state index in [4.69, 9.17) is 21.1 Å². The van der Waals surface area contributed by atoms with Gasteiger partial charge in [0.2, 0.25) is 5.85 Å². The van der Waals surface area contributed by atoms with Crippen LogP contribution in [0.4, 0.5) is 10.1 Å². The van der Waals surface area contributed by atoms with Gasteiger partial charge in [-0.25, -0.2) is 9.29 Å². The summed E-state index contributed by atoms with van der Waals surface area (Å²) in [5.41, 5.74) is 0.690. The Morgan fingerprint density at radius 2 is 1.80 bits per heavy atom. The molecule has 3 fully saturated rings. The van der Waals surface area contributed by atoms with E-state index in [0.29, 0.717) is 50.9 Å². The molecule has 1 aliphatic carbocycles. The third-order valence-corrected chi connectivity index (χ3v) is 10.8. The highest BCUT2D eigenvalue weighted by Gasteiger charge is 2.55. The van der Waals surface area contributed by atoms with Crippen LogP contribution in [0.25, 0.3) is 10.1 Å². The summed E-state index contributed by atoms with van der Waals surface area (Å²) < 4.78 is 29.5. The van der Waals surface area contributed by atoms with E-state index in [1.165, 1.54) is 17.4 Å². The quantitative estimate of drug-likeness (QED) is 0.237. The van der Waals surface area contributed by atoms with Gasteiger partial charge < -0.3 is 19.9 Å². The fraction of sp³-hybridized carbons (Fsp3) is 0.500. The number of carboxylic acids is 1. The summed E-state index contributed by atoms with van der Waals surface area (Å²) in [6.45, 7) is 1.83. The van der Waals surface area contributed by atoms with Gasteiger partial charge in [0.05, 0.1) is 28.3 Å². The van der Waals surface area contributed by atoms with Crippen molar-refractivity contribution < 1.29 is 33.4 Å². The van der Waals surface area contributed by atoms with E-state index >= 15 is 4.39 Å².